The van der Waals surface area contributed by atoms with Gasteiger partial charge in [-0.3, -0.25) is 9.59 Å². The molecule has 2 aliphatic rings. The third-order valence-electron chi connectivity index (χ3n) is 5.83. The van der Waals surface area contributed by atoms with E-state index in [0.717, 1.165) is 11.3 Å². The first-order valence-corrected chi connectivity index (χ1v) is 11.0. The number of hydrogen-bond acceptors (Lipinski definition) is 7. The Hall–Kier alpha value is -3.09. The van der Waals surface area contributed by atoms with Crippen LogP contribution < -0.4 is 10.1 Å². The number of nitrogens with one attached hydrogen (secondary N) is 1. The summed E-state index contributed by atoms with van der Waals surface area (Å²) in [7, 11) is 1.28. The van der Waals surface area contributed by atoms with Crippen molar-refractivity contribution in [3.63, 3.8) is 0 Å². The summed E-state index contributed by atoms with van der Waals surface area (Å²) in [5.41, 5.74) is 2.92. The van der Waals surface area contributed by atoms with Crippen LogP contribution in [-0.2, 0) is 23.9 Å². The van der Waals surface area contributed by atoms with Crippen molar-refractivity contribution in [1.29, 1.82) is 0 Å². The highest BCUT2D eigenvalue weighted by molar-refractivity contribution is 6.12. The number of carbonyl (C=O) groups is 3. The van der Waals surface area contributed by atoms with Crippen LogP contribution in [-0.4, -0.2) is 37.5 Å². The molecule has 172 valence electrons. The van der Waals surface area contributed by atoms with Gasteiger partial charge in [-0.15, -0.1) is 0 Å². The van der Waals surface area contributed by atoms with E-state index in [2.05, 4.69) is 5.32 Å². The molecule has 1 aliphatic carbocycles. The molecule has 0 unspecified atom stereocenters. The van der Waals surface area contributed by atoms with Gasteiger partial charge in [0.2, 0.25) is 0 Å². The molecule has 0 amide bonds. The van der Waals surface area contributed by atoms with Crippen LogP contribution in [0.25, 0.3) is 0 Å². The predicted octanol–water partition coefficient (Wildman–Crippen LogP) is 3.65. The number of benzene rings is 1. The molecule has 1 aromatic rings. The quantitative estimate of drug-likeness (QED) is 0.532. The zero-order chi connectivity index (χ0) is 23.6. The van der Waals surface area contributed by atoms with Crippen molar-refractivity contribution in [2.75, 3.05) is 13.7 Å². The molecule has 3 atom stereocenters. The molecule has 1 aliphatic heterocycles. The minimum absolute atomic E-state index is 0.223. The molecular weight excluding hydrogens is 410 g/mol. The van der Waals surface area contributed by atoms with Gasteiger partial charge in [0.1, 0.15) is 11.7 Å². The number of methoxy groups -OCH3 is 1. The smallest absolute Gasteiger partial charge is 0.337 e. The van der Waals surface area contributed by atoms with E-state index in [0.29, 0.717) is 35.6 Å². The Morgan fingerprint density at radius 1 is 1.19 bits per heavy atom. The second-order valence-electron chi connectivity index (χ2n) is 8.49. The van der Waals surface area contributed by atoms with E-state index in [1.165, 1.54) is 7.11 Å². The minimum atomic E-state index is -0.911. The van der Waals surface area contributed by atoms with Gasteiger partial charge in [0.15, 0.2) is 5.78 Å². The number of Topliss-reactive ketones (excluding diaryl/α,β-unsaturated/α-hetero) is 1. The second kappa shape index (κ2) is 9.59. The van der Waals surface area contributed by atoms with Gasteiger partial charge in [-0.05, 0) is 57.7 Å². The number of rotatable bonds is 6. The van der Waals surface area contributed by atoms with Crippen LogP contribution in [0.2, 0.25) is 0 Å². The van der Waals surface area contributed by atoms with Crippen molar-refractivity contribution in [3.05, 3.63) is 52.4 Å². The molecule has 1 N–H and O–H groups in total. The van der Waals surface area contributed by atoms with Gasteiger partial charge in [-0.2, -0.15) is 0 Å². The van der Waals surface area contributed by atoms with E-state index in [1.807, 2.05) is 45.0 Å². The standard InChI is InChI=1S/C25H31NO6/c1-7-31-17-10-8-16(9-11-17)21-20(25(29)32-13(2)3)15(5)26-18-12-14(4)19(24(28)30-6)23(27)22(18)21/h8-11,13-14,19,21,26H,7,12H2,1-6H3/t14-,19-,21-/m1/s1. The Balaban J connectivity index is 2.15. The number of ether oxygens (including phenoxy) is 3. The van der Waals surface area contributed by atoms with E-state index in [9.17, 15) is 14.4 Å². The average molecular weight is 442 g/mol. The highest BCUT2D eigenvalue weighted by atomic mass is 16.5. The SMILES string of the molecule is CCOc1ccc([C@@H]2C(C(=O)OC(C)C)=C(C)NC3=C2C(=O)[C@H](C(=O)OC)[C@H](C)C3)cc1. The van der Waals surface area contributed by atoms with Gasteiger partial charge >= 0.3 is 11.9 Å². The van der Waals surface area contributed by atoms with Crippen molar-refractivity contribution in [1.82, 2.24) is 5.32 Å². The number of dihydropyridines is 1. The molecule has 0 spiro atoms. The zero-order valence-electron chi connectivity index (χ0n) is 19.5. The molecule has 7 heteroatoms. The van der Waals surface area contributed by atoms with Crippen LogP contribution in [0, 0.1) is 11.8 Å². The van der Waals surface area contributed by atoms with Gasteiger partial charge in [-0.25, -0.2) is 4.79 Å². The fourth-order valence-electron chi connectivity index (χ4n) is 4.49. The lowest BCUT2D eigenvalue weighted by atomic mass is 9.69. The Labute approximate surface area is 188 Å². The summed E-state index contributed by atoms with van der Waals surface area (Å²) in [4.78, 5) is 39.2. The molecule has 32 heavy (non-hydrogen) atoms. The lowest BCUT2D eigenvalue weighted by Gasteiger charge is -2.38. The number of allylic oxidation sites excluding steroid dienone is 3. The Morgan fingerprint density at radius 2 is 1.84 bits per heavy atom. The maximum atomic E-state index is 13.6. The Kier molecular flexibility index (Phi) is 7.06. The van der Waals surface area contributed by atoms with Crippen LogP contribution in [0.3, 0.4) is 0 Å². The van der Waals surface area contributed by atoms with Gasteiger partial charge < -0.3 is 19.5 Å². The van der Waals surface area contributed by atoms with E-state index >= 15 is 0 Å². The van der Waals surface area contributed by atoms with Crippen molar-refractivity contribution < 1.29 is 28.6 Å². The van der Waals surface area contributed by atoms with Gasteiger partial charge in [0, 0.05) is 22.9 Å². The molecule has 1 aromatic carbocycles. The van der Waals surface area contributed by atoms with Gasteiger partial charge in [0.25, 0.3) is 0 Å². The maximum Gasteiger partial charge on any atom is 0.337 e. The number of carbonyl (C=O) groups excluding carboxylic acids is 3. The summed E-state index contributed by atoms with van der Waals surface area (Å²) >= 11 is 0. The average Bonchev–Trinajstić information content (AvgIpc) is 2.72. The third kappa shape index (κ3) is 4.42. The van der Waals surface area contributed by atoms with Crippen molar-refractivity contribution >= 4 is 17.7 Å². The third-order valence-corrected chi connectivity index (χ3v) is 5.83. The monoisotopic (exact) mass is 441 g/mol. The predicted molar refractivity (Wildman–Crippen MR) is 119 cm³/mol. The van der Waals surface area contributed by atoms with Gasteiger partial charge in [0.05, 0.1) is 25.4 Å². The van der Waals surface area contributed by atoms with Crippen LogP contribution in [0.4, 0.5) is 0 Å². The first kappa shape index (κ1) is 23.6. The fraction of sp³-hybridized carbons (Fsp3) is 0.480. The maximum absolute atomic E-state index is 13.6. The Bertz CT molecular complexity index is 973. The molecule has 0 aromatic heterocycles. The van der Waals surface area contributed by atoms with E-state index < -0.39 is 23.8 Å². The minimum Gasteiger partial charge on any atom is -0.494 e. The summed E-state index contributed by atoms with van der Waals surface area (Å²) in [5.74, 6) is -2.46. The fourth-order valence-corrected chi connectivity index (χ4v) is 4.49. The van der Waals surface area contributed by atoms with Crippen LogP contribution in [0.5, 0.6) is 5.75 Å². The molecule has 0 bridgehead atoms. The number of hydrogen-bond donors (Lipinski definition) is 1. The molecule has 0 saturated carbocycles. The van der Waals surface area contributed by atoms with Crippen molar-refractivity contribution in [3.8, 4) is 5.75 Å². The molecule has 1 heterocycles. The van der Waals surface area contributed by atoms with E-state index in [-0.39, 0.29) is 17.8 Å². The number of esters is 2. The molecule has 0 radical (unpaired) electrons. The topological polar surface area (TPSA) is 90.9 Å². The molecule has 3 rings (SSSR count). The lowest BCUT2D eigenvalue weighted by Crippen LogP contribution is -2.43. The van der Waals surface area contributed by atoms with Crippen molar-refractivity contribution in [2.24, 2.45) is 11.8 Å². The first-order valence-electron chi connectivity index (χ1n) is 11.0. The molecule has 0 saturated heterocycles. The summed E-state index contributed by atoms with van der Waals surface area (Å²) in [6.07, 6.45) is 0.183. The Morgan fingerprint density at radius 3 is 2.41 bits per heavy atom. The summed E-state index contributed by atoms with van der Waals surface area (Å²) in [6.45, 7) is 9.66. The van der Waals surface area contributed by atoms with Gasteiger partial charge in [-0.1, -0.05) is 19.1 Å². The van der Waals surface area contributed by atoms with Crippen LogP contribution in [0.15, 0.2) is 46.8 Å². The summed E-state index contributed by atoms with van der Waals surface area (Å²) in [6, 6.07) is 7.32. The molecule has 0 fully saturated rings. The normalized spacial score (nSPS) is 23.0. The summed E-state index contributed by atoms with van der Waals surface area (Å²) in [5, 5.41) is 3.25. The van der Waals surface area contributed by atoms with Crippen LogP contribution >= 0.6 is 0 Å². The van der Waals surface area contributed by atoms with Crippen LogP contribution in [0.1, 0.15) is 52.5 Å². The van der Waals surface area contributed by atoms with E-state index in [1.54, 1.807) is 13.8 Å². The number of ketones is 1. The largest absolute Gasteiger partial charge is 0.494 e. The van der Waals surface area contributed by atoms with Crippen molar-refractivity contribution in [2.45, 2.75) is 53.1 Å². The first-order chi connectivity index (χ1) is 15.2. The highest BCUT2D eigenvalue weighted by Crippen LogP contribution is 2.45. The summed E-state index contributed by atoms with van der Waals surface area (Å²) < 4.78 is 16.0. The molecule has 7 nitrogen and oxygen atoms in total. The lowest BCUT2D eigenvalue weighted by molar-refractivity contribution is -0.151. The van der Waals surface area contributed by atoms with E-state index in [4.69, 9.17) is 14.2 Å². The zero-order valence-corrected chi connectivity index (χ0v) is 19.5. The second-order valence-corrected chi connectivity index (χ2v) is 8.49. The molecular formula is C25H31NO6. The highest BCUT2D eigenvalue weighted by Gasteiger charge is 2.47.